The van der Waals surface area contributed by atoms with Gasteiger partial charge in [-0.2, -0.15) is 5.10 Å². The van der Waals surface area contributed by atoms with Crippen molar-refractivity contribution in [1.82, 2.24) is 9.78 Å². The van der Waals surface area contributed by atoms with Crippen molar-refractivity contribution in [2.75, 3.05) is 5.73 Å². The molecule has 0 aliphatic heterocycles. The Bertz CT molecular complexity index is 497. The molecule has 0 bridgehead atoms. The third-order valence-electron chi connectivity index (χ3n) is 2.30. The number of aryl methyl sites for hydroxylation is 2. The molecule has 90 valence electrons. The zero-order valence-electron chi connectivity index (χ0n) is 9.77. The topological polar surface area (TPSA) is 53.1 Å². The van der Waals surface area contributed by atoms with Gasteiger partial charge >= 0.3 is 0 Å². The van der Waals surface area contributed by atoms with Crippen LogP contribution in [0.2, 0.25) is 5.02 Å². The predicted molar refractivity (Wildman–Crippen MR) is 68.2 cm³/mol. The monoisotopic (exact) mass is 251 g/mol. The molecule has 1 heterocycles. The minimum atomic E-state index is 0.291. The second kappa shape index (κ2) is 4.67. The number of rotatable bonds is 3. The lowest BCUT2D eigenvalue weighted by molar-refractivity contribution is 0.221. The summed E-state index contributed by atoms with van der Waals surface area (Å²) < 4.78 is 7.17. The fraction of sp³-hybridized carbons (Fsp3) is 0.250. The summed E-state index contributed by atoms with van der Waals surface area (Å²) in [5, 5.41) is 4.45. The zero-order valence-corrected chi connectivity index (χ0v) is 10.5. The van der Waals surface area contributed by atoms with Crippen LogP contribution in [0.5, 0.6) is 5.75 Å². The van der Waals surface area contributed by atoms with E-state index in [1.807, 2.05) is 26.0 Å². The fourth-order valence-corrected chi connectivity index (χ4v) is 1.79. The summed E-state index contributed by atoms with van der Waals surface area (Å²) in [5.74, 6) is 1.13. The molecule has 0 atom stereocenters. The summed E-state index contributed by atoms with van der Waals surface area (Å²) >= 11 is 5.80. The highest BCUT2D eigenvalue weighted by Crippen LogP contribution is 2.18. The average molecular weight is 252 g/mol. The molecule has 17 heavy (non-hydrogen) atoms. The van der Waals surface area contributed by atoms with Crippen molar-refractivity contribution in [2.24, 2.45) is 0 Å². The maximum Gasteiger partial charge on any atom is 0.181 e. The highest BCUT2D eigenvalue weighted by molar-refractivity contribution is 6.32. The standard InChI is InChI=1S/C12H14ClN3O/c1-8-3-9(2)5-10(4-8)17-7-16-6-11(13)12(14)15-16/h3-6H,7H2,1-2H3,(H2,14,15). The van der Waals surface area contributed by atoms with Crippen molar-refractivity contribution >= 4 is 17.4 Å². The van der Waals surface area contributed by atoms with Gasteiger partial charge in [0.25, 0.3) is 0 Å². The number of nitrogen functional groups attached to an aromatic ring is 1. The van der Waals surface area contributed by atoms with Gasteiger partial charge in [-0.05, 0) is 37.1 Å². The molecule has 0 unspecified atom stereocenters. The molecule has 0 radical (unpaired) electrons. The highest BCUT2D eigenvalue weighted by Gasteiger charge is 2.03. The van der Waals surface area contributed by atoms with Crippen molar-refractivity contribution in [3.05, 3.63) is 40.5 Å². The van der Waals surface area contributed by atoms with Crippen LogP contribution in [0.25, 0.3) is 0 Å². The molecule has 2 N–H and O–H groups in total. The van der Waals surface area contributed by atoms with E-state index < -0.39 is 0 Å². The van der Waals surface area contributed by atoms with E-state index in [0.717, 1.165) is 16.9 Å². The van der Waals surface area contributed by atoms with Gasteiger partial charge in [0, 0.05) is 6.20 Å². The minimum absolute atomic E-state index is 0.291. The number of aromatic nitrogens is 2. The van der Waals surface area contributed by atoms with E-state index >= 15 is 0 Å². The maximum atomic E-state index is 5.80. The van der Waals surface area contributed by atoms with Crippen molar-refractivity contribution in [3.8, 4) is 5.75 Å². The Balaban J connectivity index is 2.07. The quantitative estimate of drug-likeness (QED) is 0.913. The van der Waals surface area contributed by atoms with Crippen molar-refractivity contribution in [3.63, 3.8) is 0 Å². The van der Waals surface area contributed by atoms with Gasteiger partial charge in [0.05, 0.1) is 0 Å². The number of hydrogen-bond acceptors (Lipinski definition) is 3. The smallest absolute Gasteiger partial charge is 0.181 e. The lowest BCUT2D eigenvalue weighted by atomic mass is 10.1. The zero-order chi connectivity index (χ0) is 12.4. The number of halogens is 1. The summed E-state index contributed by atoms with van der Waals surface area (Å²) in [4.78, 5) is 0. The number of ether oxygens (including phenoxy) is 1. The molecule has 2 aromatic rings. The Morgan fingerprint density at radius 2 is 1.94 bits per heavy atom. The maximum absolute atomic E-state index is 5.80. The number of hydrogen-bond donors (Lipinski definition) is 1. The first-order chi connectivity index (χ1) is 8.04. The summed E-state index contributed by atoms with van der Waals surface area (Å²) in [7, 11) is 0. The van der Waals surface area contributed by atoms with Gasteiger partial charge in [-0.3, -0.25) is 0 Å². The van der Waals surface area contributed by atoms with E-state index in [2.05, 4.69) is 11.2 Å². The van der Waals surface area contributed by atoms with Crippen molar-refractivity contribution in [2.45, 2.75) is 20.6 Å². The van der Waals surface area contributed by atoms with Crippen LogP contribution in [0.4, 0.5) is 5.82 Å². The van der Waals surface area contributed by atoms with E-state index in [0.29, 0.717) is 17.6 Å². The van der Waals surface area contributed by atoms with E-state index in [1.165, 1.54) is 0 Å². The summed E-state index contributed by atoms with van der Waals surface area (Å²) in [5.41, 5.74) is 7.87. The number of benzene rings is 1. The molecular weight excluding hydrogens is 238 g/mol. The third-order valence-corrected chi connectivity index (χ3v) is 2.59. The Kier molecular flexibility index (Phi) is 3.24. The molecular formula is C12H14ClN3O. The van der Waals surface area contributed by atoms with Gasteiger partial charge in [-0.15, -0.1) is 0 Å². The lowest BCUT2D eigenvalue weighted by Crippen LogP contribution is -2.06. The van der Waals surface area contributed by atoms with Gasteiger partial charge in [-0.1, -0.05) is 17.7 Å². The second-order valence-corrected chi connectivity index (χ2v) is 4.41. The van der Waals surface area contributed by atoms with Crippen LogP contribution in [0.15, 0.2) is 24.4 Å². The van der Waals surface area contributed by atoms with Gasteiger partial charge in [0.2, 0.25) is 0 Å². The summed E-state index contributed by atoms with van der Waals surface area (Å²) in [6, 6.07) is 6.04. The first-order valence-corrected chi connectivity index (χ1v) is 5.62. The lowest BCUT2D eigenvalue weighted by Gasteiger charge is -2.07. The Labute approximate surface area is 105 Å². The molecule has 4 nitrogen and oxygen atoms in total. The van der Waals surface area contributed by atoms with E-state index in [1.54, 1.807) is 10.9 Å². The van der Waals surface area contributed by atoms with Gasteiger partial charge in [0.1, 0.15) is 10.8 Å². The van der Waals surface area contributed by atoms with Crippen LogP contribution in [-0.2, 0) is 6.73 Å². The Hall–Kier alpha value is -1.68. The molecule has 1 aromatic carbocycles. The third kappa shape index (κ3) is 2.91. The number of nitrogens with zero attached hydrogens (tertiary/aromatic N) is 2. The molecule has 0 spiro atoms. The van der Waals surface area contributed by atoms with E-state index in [9.17, 15) is 0 Å². The first kappa shape index (κ1) is 11.8. The van der Waals surface area contributed by atoms with Crippen LogP contribution in [0.1, 0.15) is 11.1 Å². The van der Waals surface area contributed by atoms with Crippen molar-refractivity contribution < 1.29 is 4.74 Å². The second-order valence-electron chi connectivity index (χ2n) is 4.00. The molecule has 0 amide bonds. The van der Waals surface area contributed by atoms with Gasteiger partial charge in [0.15, 0.2) is 12.5 Å². The SMILES string of the molecule is Cc1cc(C)cc(OCn2cc(Cl)c(N)n2)c1. The molecule has 0 fully saturated rings. The molecule has 5 heteroatoms. The van der Waals surface area contributed by atoms with Crippen LogP contribution in [0, 0.1) is 13.8 Å². The molecule has 0 saturated carbocycles. The molecule has 0 aliphatic carbocycles. The molecule has 0 aliphatic rings. The van der Waals surface area contributed by atoms with E-state index in [4.69, 9.17) is 22.1 Å². The molecule has 1 aromatic heterocycles. The summed E-state index contributed by atoms with van der Waals surface area (Å²) in [6.07, 6.45) is 1.64. The van der Waals surface area contributed by atoms with Crippen LogP contribution in [0.3, 0.4) is 0 Å². The number of anilines is 1. The summed E-state index contributed by atoms with van der Waals surface area (Å²) in [6.45, 7) is 4.35. The molecule has 2 rings (SSSR count). The van der Waals surface area contributed by atoms with Gasteiger partial charge in [-0.25, -0.2) is 4.68 Å². The van der Waals surface area contributed by atoms with Gasteiger partial charge < -0.3 is 10.5 Å². The first-order valence-electron chi connectivity index (χ1n) is 5.24. The fourth-order valence-electron chi connectivity index (χ4n) is 1.64. The number of nitrogens with two attached hydrogens (primary N) is 1. The van der Waals surface area contributed by atoms with Crippen LogP contribution in [-0.4, -0.2) is 9.78 Å². The van der Waals surface area contributed by atoms with Crippen LogP contribution < -0.4 is 10.5 Å². The Morgan fingerprint density at radius 1 is 1.29 bits per heavy atom. The predicted octanol–water partition coefficient (Wildman–Crippen LogP) is 2.77. The minimum Gasteiger partial charge on any atom is -0.471 e. The highest BCUT2D eigenvalue weighted by atomic mass is 35.5. The van der Waals surface area contributed by atoms with Crippen molar-refractivity contribution in [1.29, 1.82) is 0 Å². The Morgan fingerprint density at radius 3 is 2.47 bits per heavy atom. The van der Waals surface area contributed by atoms with E-state index in [-0.39, 0.29) is 0 Å². The van der Waals surface area contributed by atoms with Crippen LogP contribution >= 0.6 is 11.6 Å². The normalized spacial score (nSPS) is 10.5. The largest absolute Gasteiger partial charge is 0.471 e. The average Bonchev–Trinajstić information content (AvgIpc) is 2.54. The molecule has 0 saturated heterocycles.